The Labute approximate surface area is 152 Å². The molecule has 2 unspecified atom stereocenters. The molecule has 2 aromatic rings. The molecule has 2 rings (SSSR count). The maximum atomic E-state index is 13.4. The summed E-state index contributed by atoms with van der Waals surface area (Å²) < 4.78 is 19.0. The average molecular weight is 359 g/mol. The van der Waals surface area contributed by atoms with Crippen LogP contribution in [0.4, 0.5) is 10.1 Å². The zero-order valence-electron chi connectivity index (χ0n) is 15.2. The molecule has 0 aliphatic heterocycles. The second-order valence-electron chi connectivity index (χ2n) is 6.69. The van der Waals surface area contributed by atoms with Gasteiger partial charge < -0.3 is 4.74 Å². The number of nitro benzene ring substituents is 1. The Hall–Kier alpha value is -2.76. The molecule has 0 saturated carbocycles. The molecule has 2 atom stereocenters. The van der Waals surface area contributed by atoms with Crippen molar-refractivity contribution in [3.8, 4) is 0 Å². The molecular formula is C20H22FNO4. The maximum Gasteiger partial charge on any atom is 0.338 e. The molecule has 0 spiro atoms. The highest BCUT2D eigenvalue weighted by atomic mass is 19.1. The molecule has 0 amide bonds. The molecule has 0 N–H and O–H groups in total. The van der Waals surface area contributed by atoms with Crippen LogP contribution in [-0.4, -0.2) is 17.0 Å². The van der Waals surface area contributed by atoms with Gasteiger partial charge in [0.25, 0.3) is 5.69 Å². The topological polar surface area (TPSA) is 69.4 Å². The van der Waals surface area contributed by atoms with Gasteiger partial charge in [-0.15, -0.1) is 0 Å². The van der Waals surface area contributed by atoms with Crippen LogP contribution in [0.15, 0.2) is 42.5 Å². The Kier molecular flexibility index (Phi) is 6.08. The number of halogens is 1. The van der Waals surface area contributed by atoms with Crippen LogP contribution in [0.1, 0.15) is 48.2 Å². The van der Waals surface area contributed by atoms with Gasteiger partial charge in [0.2, 0.25) is 0 Å². The van der Waals surface area contributed by atoms with E-state index in [1.54, 1.807) is 13.0 Å². The number of hydrogen-bond donors (Lipinski definition) is 0. The molecule has 0 aliphatic carbocycles. The van der Waals surface area contributed by atoms with Crippen LogP contribution in [0.5, 0.6) is 0 Å². The summed E-state index contributed by atoms with van der Waals surface area (Å²) in [6, 6.07) is 9.89. The highest BCUT2D eigenvalue weighted by molar-refractivity contribution is 5.89. The lowest BCUT2D eigenvalue weighted by molar-refractivity contribution is -0.384. The van der Waals surface area contributed by atoms with Gasteiger partial charge in [-0.3, -0.25) is 10.1 Å². The summed E-state index contributed by atoms with van der Waals surface area (Å²) in [4.78, 5) is 22.6. The van der Waals surface area contributed by atoms with E-state index in [-0.39, 0.29) is 28.9 Å². The van der Waals surface area contributed by atoms with E-state index in [0.717, 1.165) is 11.1 Å². The van der Waals surface area contributed by atoms with Crippen molar-refractivity contribution in [2.75, 3.05) is 0 Å². The summed E-state index contributed by atoms with van der Waals surface area (Å²) >= 11 is 0. The minimum absolute atomic E-state index is 0.0865. The van der Waals surface area contributed by atoms with E-state index >= 15 is 0 Å². The molecule has 6 heteroatoms. The first kappa shape index (κ1) is 19.6. The van der Waals surface area contributed by atoms with Crippen molar-refractivity contribution in [2.24, 2.45) is 5.92 Å². The van der Waals surface area contributed by atoms with Crippen molar-refractivity contribution in [1.82, 2.24) is 0 Å². The van der Waals surface area contributed by atoms with Crippen LogP contribution >= 0.6 is 0 Å². The molecule has 0 fully saturated rings. The lowest BCUT2D eigenvalue weighted by Gasteiger charge is -2.29. The maximum absolute atomic E-state index is 13.4. The van der Waals surface area contributed by atoms with Crippen molar-refractivity contribution in [3.05, 3.63) is 75.1 Å². The number of benzene rings is 2. The Bertz CT molecular complexity index is 802. The van der Waals surface area contributed by atoms with Crippen molar-refractivity contribution in [3.63, 3.8) is 0 Å². The van der Waals surface area contributed by atoms with Crippen LogP contribution in [-0.2, 0) is 4.74 Å². The number of esters is 1. The summed E-state index contributed by atoms with van der Waals surface area (Å²) in [5, 5.41) is 10.7. The number of carbonyl (C=O) groups is 1. The highest BCUT2D eigenvalue weighted by Gasteiger charge is 2.27. The SMILES string of the molecule is Cc1cc(F)ccc1C(C(C)C)C(C)OC(=O)c1ccc([N+](=O)[O-])cc1. The smallest absolute Gasteiger partial charge is 0.338 e. The summed E-state index contributed by atoms with van der Waals surface area (Å²) in [6.07, 6.45) is -0.443. The fourth-order valence-electron chi connectivity index (χ4n) is 3.20. The van der Waals surface area contributed by atoms with E-state index in [1.165, 1.54) is 36.4 Å². The number of aryl methyl sites for hydroxylation is 1. The summed E-state index contributed by atoms with van der Waals surface area (Å²) in [6.45, 7) is 7.67. The number of nitrogens with zero attached hydrogens (tertiary/aromatic N) is 1. The second kappa shape index (κ2) is 8.08. The molecule has 0 saturated heterocycles. The predicted octanol–water partition coefficient (Wildman–Crippen LogP) is 5.03. The van der Waals surface area contributed by atoms with Gasteiger partial charge >= 0.3 is 5.97 Å². The van der Waals surface area contributed by atoms with E-state index in [9.17, 15) is 19.3 Å². The monoisotopic (exact) mass is 359 g/mol. The molecule has 0 aliphatic rings. The van der Waals surface area contributed by atoms with Crippen molar-refractivity contribution in [2.45, 2.75) is 39.7 Å². The number of non-ortho nitro benzene ring substituents is 1. The third-order valence-corrected chi connectivity index (χ3v) is 4.42. The Balaban J connectivity index is 2.20. The summed E-state index contributed by atoms with van der Waals surface area (Å²) in [5.41, 5.74) is 1.91. The van der Waals surface area contributed by atoms with Crippen LogP contribution in [0.2, 0.25) is 0 Å². The largest absolute Gasteiger partial charge is 0.458 e. The van der Waals surface area contributed by atoms with E-state index in [1.807, 2.05) is 20.8 Å². The number of carbonyl (C=O) groups excluding carboxylic acids is 1. The molecule has 0 heterocycles. The third kappa shape index (κ3) is 4.45. The summed E-state index contributed by atoms with van der Waals surface area (Å²) in [7, 11) is 0. The quantitative estimate of drug-likeness (QED) is 0.412. The van der Waals surface area contributed by atoms with Gasteiger partial charge in [-0.05, 0) is 55.2 Å². The zero-order chi connectivity index (χ0) is 19.4. The van der Waals surface area contributed by atoms with Gasteiger partial charge in [0.15, 0.2) is 0 Å². The van der Waals surface area contributed by atoms with E-state index in [2.05, 4.69) is 0 Å². The van der Waals surface area contributed by atoms with Crippen molar-refractivity contribution < 1.29 is 18.8 Å². The molecule has 2 aromatic carbocycles. The number of ether oxygens (including phenoxy) is 1. The zero-order valence-corrected chi connectivity index (χ0v) is 15.2. The molecule has 0 radical (unpaired) electrons. The number of hydrogen-bond acceptors (Lipinski definition) is 4. The first-order valence-electron chi connectivity index (χ1n) is 8.42. The van der Waals surface area contributed by atoms with E-state index < -0.39 is 17.0 Å². The summed E-state index contributed by atoms with van der Waals surface area (Å²) in [5.74, 6) is -0.779. The fraction of sp³-hybridized carbons (Fsp3) is 0.350. The van der Waals surface area contributed by atoms with Crippen LogP contribution in [0, 0.1) is 28.8 Å². The minimum atomic E-state index is -0.544. The average Bonchev–Trinajstić information content (AvgIpc) is 2.56. The molecule has 0 bridgehead atoms. The van der Waals surface area contributed by atoms with Gasteiger partial charge in [-0.1, -0.05) is 19.9 Å². The fourth-order valence-corrected chi connectivity index (χ4v) is 3.20. The second-order valence-corrected chi connectivity index (χ2v) is 6.69. The highest BCUT2D eigenvalue weighted by Crippen LogP contribution is 2.32. The van der Waals surface area contributed by atoms with Crippen LogP contribution < -0.4 is 0 Å². The van der Waals surface area contributed by atoms with Gasteiger partial charge in [0.05, 0.1) is 10.5 Å². The standard InChI is InChI=1S/C20H22FNO4/c1-12(2)19(18-10-7-16(21)11-13(18)3)14(4)26-20(23)15-5-8-17(9-6-15)22(24)25/h5-12,14,19H,1-4H3. The molecule has 0 aromatic heterocycles. The van der Waals surface area contributed by atoms with Gasteiger partial charge in [-0.2, -0.15) is 0 Å². The van der Waals surface area contributed by atoms with Gasteiger partial charge in [-0.25, -0.2) is 9.18 Å². The minimum Gasteiger partial charge on any atom is -0.458 e. The molecule has 138 valence electrons. The Morgan fingerprint density at radius 1 is 1.12 bits per heavy atom. The number of rotatable bonds is 6. The van der Waals surface area contributed by atoms with Gasteiger partial charge in [0, 0.05) is 18.1 Å². The molecule has 26 heavy (non-hydrogen) atoms. The number of nitro groups is 1. The third-order valence-electron chi connectivity index (χ3n) is 4.42. The Morgan fingerprint density at radius 3 is 2.23 bits per heavy atom. The first-order chi connectivity index (χ1) is 12.2. The van der Waals surface area contributed by atoms with Gasteiger partial charge in [0.1, 0.15) is 11.9 Å². The van der Waals surface area contributed by atoms with Crippen LogP contribution in [0.3, 0.4) is 0 Å². The first-order valence-corrected chi connectivity index (χ1v) is 8.42. The van der Waals surface area contributed by atoms with E-state index in [0.29, 0.717) is 0 Å². The lowest BCUT2D eigenvalue weighted by atomic mass is 9.82. The van der Waals surface area contributed by atoms with Crippen molar-refractivity contribution >= 4 is 11.7 Å². The normalized spacial score (nSPS) is 13.3. The van der Waals surface area contributed by atoms with Crippen LogP contribution in [0.25, 0.3) is 0 Å². The van der Waals surface area contributed by atoms with Crippen molar-refractivity contribution in [1.29, 1.82) is 0 Å². The lowest BCUT2D eigenvalue weighted by Crippen LogP contribution is -2.27. The molecule has 5 nitrogen and oxygen atoms in total. The van der Waals surface area contributed by atoms with E-state index in [4.69, 9.17) is 4.74 Å². The Morgan fingerprint density at radius 2 is 1.73 bits per heavy atom. The predicted molar refractivity (Wildman–Crippen MR) is 96.7 cm³/mol. The molecular weight excluding hydrogens is 337 g/mol.